The third-order valence-corrected chi connectivity index (χ3v) is 0.994. The minimum atomic E-state index is -0.682. The second-order valence-corrected chi connectivity index (χ2v) is 1.85. The third kappa shape index (κ3) is 16.6. The summed E-state index contributed by atoms with van der Waals surface area (Å²) in [5.74, 6) is -0.682. The molecule has 0 atom stereocenters. The summed E-state index contributed by atoms with van der Waals surface area (Å²) >= 11 is 0. The van der Waals surface area contributed by atoms with Gasteiger partial charge in [0.2, 0.25) is 0 Å². The molecule has 0 aromatic carbocycles. The zero-order valence-corrected chi connectivity index (χ0v) is 12.3. The first kappa shape index (κ1) is 18.0. The smallest absolute Gasteiger partial charge is 1.00 e. The Bertz CT molecular complexity index is 85.9. The van der Waals surface area contributed by atoms with E-state index in [1.807, 2.05) is 0 Å². The number of hydrogen-bond donors (Lipinski definition) is 1. The number of carboxylic acids is 1. The zero-order valence-electron chi connectivity index (χ0n) is 9.18. The summed E-state index contributed by atoms with van der Waals surface area (Å²) in [6.45, 7) is 2.06. The van der Waals surface area contributed by atoms with E-state index in [4.69, 9.17) is 5.11 Å². The fourth-order valence-corrected chi connectivity index (χ4v) is 0.526. The Morgan fingerprint density at radius 1 is 1.50 bits per heavy atom. The van der Waals surface area contributed by atoms with Gasteiger partial charge in [-0.1, -0.05) is 19.8 Å². The zero-order chi connectivity index (χ0) is 6.41. The summed E-state index contributed by atoms with van der Waals surface area (Å²) in [5.41, 5.74) is 0. The molecule has 0 radical (unpaired) electrons. The van der Waals surface area contributed by atoms with Crippen molar-refractivity contribution < 1.29 is 93.7 Å². The molecular formula is C6H14KNaO2. The summed E-state index contributed by atoms with van der Waals surface area (Å²) in [4.78, 5) is 9.87. The fourth-order valence-electron chi connectivity index (χ4n) is 0.526. The monoisotopic (exact) mass is 180 g/mol. The molecule has 0 aliphatic carbocycles. The minimum Gasteiger partial charge on any atom is -1.00 e. The fraction of sp³-hybridized carbons (Fsp3) is 0.833. The van der Waals surface area contributed by atoms with E-state index in [-0.39, 0.29) is 83.8 Å². The average Bonchev–Trinajstić information content (AvgIpc) is 1.66. The van der Waals surface area contributed by atoms with Gasteiger partial charge in [0.15, 0.2) is 0 Å². The van der Waals surface area contributed by atoms with Crippen LogP contribution in [-0.4, -0.2) is 11.1 Å². The van der Waals surface area contributed by atoms with Gasteiger partial charge in [0.1, 0.15) is 0 Å². The predicted octanol–water partition coefficient (Wildman–Crippen LogP) is -4.12. The van der Waals surface area contributed by atoms with E-state index in [1.54, 1.807) is 0 Å². The number of hydrogen-bond acceptors (Lipinski definition) is 1. The number of aliphatic carboxylic acids is 1. The molecule has 2 nitrogen and oxygen atoms in total. The van der Waals surface area contributed by atoms with E-state index < -0.39 is 5.97 Å². The van der Waals surface area contributed by atoms with Gasteiger partial charge in [0.05, 0.1) is 0 Å². The molecule has 52 valence electrons. The Labute approximate surface area is 130 Å². The van der Waals surface area contributed by atoms with Crippen LogP contribution in [0.1, 0.15) is 35.5 Å². The number of carboxylic acid groups (broad SMARTS) is 1. The maximum Gasteiger partial charge on any atom is 1.00 e. The molecule has 1 N–H and O–H groups in total. The molecular weight excluding hydrogens is 166 g/mol. The van der Waals surface area contributed by atoms with Crippen molar-refractivity contribution in [3.05, 3.63) is 0 Å². The van der Waals surface area contributed by atoms with Gasteiger partial charge >= 0.3 is 86.9 Å². The minimum absolute atomic E-state index is 0. The molecule has 0 saturated heterocycles. The molecule has 0 aromatic heterocycles. The SMILES string of the molecule is CCCCCC(=O)O.[H-].[H-].[K+].[Na+]. The number of carbonyl (C=O) groups is 1. The number of unbranched alkanes of at least 4 members (excludes halogenated alkanes) is 2. The van der Waals surface area contributed by atoms with Gasteiger partial charge in [-0.05, 0) is 6.42 Å². The normalized spacial score (nSPS) is 7.30. The van der Waals surface area contributed by atoms with Crippen molar-refractivity contribution in [2.24, 2.45) is 0 Å². The summed E-state index contributed by atoms with van der Waals surface area (Å²) < 4.78 is 0. The molecule has 4 heteroatoms. The van der Waals surface area contributed by atoms with Crippen molar-refractivity contribution in [2.75, 3.05) is 0 Å². The van der Waals surface area contributed by atoms with E-state index in [2.05, 4.69) is 6.92 Å². The van der Waals surface area contributed by atoms with Crippen LogP contribution < -0.4 is 80.9 Å². The van der Waals surface area contributed by atoms with Crippen molar-refractivity contribution in [3.63, 3.8) is 0 Å². The van der Waals surface area contributed by atoms with Crippen LogP contribution in [0.4, 0.5) is 0 Å². The molecule has 0 aliphatic rings. The molecule has 0 unspecified atom stereocenters. The first-order valence-corrected chi connectivity index (χ1v) is 2.99. The average molecular weight is 180 g/mol. The van der Waals surface area contributed by atoms with Gasteiger partial charge in [-0.3, -0.25) is 4.79 Å². The van der Waals surface area contributed by atoms with Crippen LogP contribution in [0.2, 0.25) is 0 Å². The molecule has 0 heterocycles. The standard InChI is InChI=1S/C6H12O2.K.Na.2H/c1-2-3-4-5-6(7)8;;;;/h2-5H2,1H3,(H,7,8);;;;/q;2*+1;2*-1. The van der Waals surface area contributed by atoms with Crippen LogP contribution in [0.3, 0.4) is 0 Å². The van der Waals surface area contributed by atoms with Crippen molar-refractivity contribution in [1.29, 1.82) is 0 Å². The molecule has 0 amide bonds. The largest absolute Gasteiger partial charge is 1.00 e. The van der Waals surface area contributed by atoms with Gasteiger partial charge in [-0.25, -0.2) is 0 Å². The van der Waals surface area contributed by atoms with Crippen LogP contribution in [0, 0.1) is 0 Å². The van der Waals surface area contributed by atoms with E-state index >= 15 is 0 Å². The van der Waals surface area contributed by atoms with Crippen LogP contribution in [0.25, 0.3) is 0 Å². The number of rotatable bonds is 4. The van der Waals surface area contributed by atoms with Crippen LogP contribution in [-0.2, 0) is 4.79 Å². The van der Waals surface area contributed by atoms with E-state index in [1.165, 1.54) is 0 Å². The molecule has 0 bridgehead atoms. The molecule has 0 fully saturated rings. The topological polar surface area (TPSA) is 37.3 Å². The first-order valence-electron chi connectivity index (χ1n) is 2.99. The summed E-state index contributed by atoms with van der Waals surface area (Å²) in [6, 6.07) is 0. The molecule has 0 rings (SSSR count). The second-order valence-electron chi connectivity index (χ2n) is 1.85. The molecule has 0 spiro atoms. The quantitative estimate of drug-likeness (QED) is 0.353. The van der Waals surface area contributed by atoms with Crippen molar-refractivity contribution >= 4 is 5.97 Å². The van der Waals surface area contributed by atoms with Crippen molar-refractivity contribution in [1.82, 2.24) is 0 Å². The molecule has 10 heavy (non-hydrogen) atoms. The second kappa shape index (κ2) is 13.7. The van der Waals surface area contributed by atoms with Gasteiger partial charge in [-0.2, -0.15) is 0 Å². The van der Waals surface area contributed by atoms with Gasteiger partial charge in [0.25, 0.3) is 0 Å². The first-order chi connectivity index (χ1) is 3.77. The maximum absolute atomic E-state index is 9.87. The Hall–Kier alpha value is 2.11. The summed E-state index contributed by atoms with van der Waals surface area (Å²) in [7, 11) is 0. The van der Waals surface area contributed by atoms with E-state index in [0.29, 0.717) is 6.42 Å². The Kier molecular flexibility index (Phi) is 24.6. The van der Waals surface area contributed by atoms with E-state index in [9.17, 15) is 4.79 Å². The van der Waals surface area contributed by atoms with E-state index in [0.717, 1.165) is 19.3 Å². The van der Waals surface area contributed by atoms with Crippen LogP contribution in [0.15, 0.2) is 0 Å². The van der Waals surface area contributed by atoms with Crippen LogP contribution >= 0.6 is 0 Å². The Balaban J connectivity index is -0.0000000408. The van der Waals surface area contributed by atoms with Gasteiger partial charge in [-0.15, -0.1) is 0 Å². The molecule has 0 saturated carbocycles. The van der Waals surface area contributed by atoms with Crippen LogP contribution in [0.5, 0.6) is 0 Å². The third-order valence-electron chi connectivity index (χ3n) is 0.994. The summed E-state index contributed by atoms with van der Waals surface area (Å²) in [5, 5.41) is 8.14. The molecule has 0 aliphatic heterocycles. The predicted molar refractivity (Wildman–Crippen MR) is 34.0 cm³/mol. The maximum atomic E-state index is 9.87. The van der Waals surface area contributed by atoms with Crippen molar-refractivity contribution in [2.45, 2.75) is 32.6 Å². The Morgan fingerprint density at radius 3 is 2.30 bits per heavy atom. The van der Waals surface area contributed by atoms with Gasteiger partial charge < -0.3 is 7.96 Å². The Morgan fingerprint density at radius 2 is 2.00 bits per heavy atom. The summed E-state index contributed by atoms with van der Waals surface area (Å²) in [6.07, 6.45) is 3.28. The van der Waals surface area contributed by atoms with Gasteiger partial charge in [0, 0.05) is 6.42 Å². The van der Waals surface area contributed by atoms with Crippen molar-refractivity contribution in [3.8, 4) is 0 Å². The molecule has 0 aromatic rings.